The van der Waals surface area contributed by atoms with Gasteiger partial charge in [0.2, 0.25) is 5.91 Å². The number of hydrogen-bond donors (Lipinski definition) is 1. The number of nitrogens with zero attached hydrogens (tertiary/aromatic N) is 2. The van der Waals surface area contributed by atoms with Gasteiger partial charge in [0.15, 0.2) is 5.75 Å². The molecule has 4 rings (SSSR count). The molecule has 1 aliphatic rings. The number of aryl methyl sites for hydroxylation is 1. The van der Waals surface area contributed by atoms with Crippen LogP contribution in [0.5, 0.6) is 5.75 Å². The topological polar surface area (TPSA) is 96.0 Å². The number of carbonyl (C=O) groups excluding carboxylic acids is 2. The van der Waals surface area contributed by atoms with Gasteiger partial charge in [0.1, 0.15) is 11.4 Å². The zero-order valence-electron chi connectivity index (χ0n) is 18.9. The number of fused-ring (bicyclic) bond motifs is 1. The highest BCUT2D eigenvalue weighted by Gasteiger charge is 2.29. The maximum absolute atomic E-state index is 13.5. The van der Waals surface area contributed by atoms with E-state index < -0.39 is 21.9 Å². The molecule has 0 aliphatic carbocycles. The second-order valence-corrected chi connectivity index (χ2v) is 9.68. The van der Waals surface area contributed by atoms with Crippen LogP contribution in [0.2, 0.25) is 0 Å². The summed E-state index contributed by atoms with van der Waals surface area (Å²) in [5.41, 5.74) is 2.30. The van der Waals surface area contributed by atoms with E-state index in [2.05, 4.69) is 5.32 Å². The lowest BCUT2D eigenvalue weighted by atomic mass is 10.1. The number of ether oxygens (including phenoxy) is 1. The van der Waals surface area contributed by atoms with Crippen LogP contribution in [0.4, 0.5) is 17.1 Å². The summed E-state index contributed by atoms with van der Waals surface area (Å²) in [5.74, 6) is -0.528. The molecule has 176 valence electrons. The molecule has 1 heterocycles. The van der Waals surface area contributed by atoms with Crippen LogP contribution in [0.3, 0.4) is 0 Å². The molecule has 1 N–H and O–H groups in total. The zero-order valence-corrected chi connectivity index (χ0v) is 19.7. The van der Waals surface area contributed by atoms with Crippen molar-refractivity contribution in [1.29, 1.82) is 0 Å². The van der Waals surface area contributed by atoms with Crippen LogP contribution in [0.1, 0.15) is 12.5 Å². The van der Waals surface area contributed by atoms with Crippen molar-refractivity contribution in [3.8, 4) is 5.75 Å². The van der Waals surface area contributed by atoms with Crippen LogP contribution < -0.4 is 19.3 Å². The molecule has 0 bridgehead atoms. The van der Waals surface area contributed by atoms with Gasteiger partial charge < -0.3 is 15.0 Å². The van der Waals surface area contributed by atoms with Gasteiger partial charge in [-0.2, -0.15) is 0 Å². The lowest BCUT2D eigenvalue weighted by Gasteiger charge is -2.29. The summed E-state index contributed by atoms with van der Waals surface area (Å²) in [6, 6.07) is 20.4. The highest BCUT2D eigenvalue weighted by atomic mass is 32.2. The third-order valence-corrected chi connectivity index (χ3v) is 7.36. The number of rotatable bonds is 7. The summed E-state index contributed by atoms with van der Waals surface area (Å²) in [7, 11) is -3.95. The number of anilines is 3. The second-order valence-electron chi connectivity index (χ2n) is 7.85. The number of sulfonamides is 1. The monoisotopic (exact) mass is 479 g/mol. The van der Waals surface area contributed by atoms with E-state index in [9.17, 15) is 18.0 Å². The van der Waals surface area contributed by atoms with Gasteiger partial charge >= 0.3 is 5.97 Å². The molecule has 0 radical (unpaired) electrons. The minimum Gasteiger partial charge on any atom is -0.423 e. The fraction of sp³-hybridized carbons (Fsp3) is 0.200. The quantitative estimate of drug-likeness (QED) is 0.411. The van der Waals surface area contributed by atoms with Crippen LogP contribution in [0.25, 0.3) is 0 Å². The Balaban J connectivity index is 1.59. The molecule has 1 amide bonds. The Morgan fingerprint density at radius 3 is 2.50 bits per heavy atom. The molecule has 0 saturated heterocycles. The first kappa shape index (κ1) is 23.3. The average Bonchev–Trinajstić information content (AvgIpc) is 2.81. The van der Waals surface area contributed by atoms with E-state index in [0.29, 0.717) is 17.1 Å². The molecule has 1 aliphatic heterocycles. The second kappa shape index (κ2) is 9.56. The van der Waals surface area contributed by atoms with E-state index in [1.165, 1.54) is 10.4 Å². The molecule has 0 spiro atoms. The number of carbonyl (C=O) groups is 2. The maximum atomic E-state index is 13.5. The van der Waals surface area contributed by atoms with Crippen LogP contribution >= 0.6 is 0 Å². The standard InChI is InChI=1S/C25H25N3O5S/c1-3-28(19-9-5-4-6-10-19)34(31,32)23-12-8-7-11-20(23)26-24(29)16-27-17-25(30)33-22-14-13-18(2)15-21(22)27/h4-15H,3,16-17H2,1-2H3,(H,26,29). The highest BCUT2D eigenvalue weighted by molar-refractivity contribution is 7.93. The van der Waals surface area contributed by atoms with Crippen LogP contribution in [-0.2, 0) is 19.6 Å². The molecule has 0 atom stereocenters. The van der Waals surface area contributed by atoms with Crippen molar-refractivity contribution in [1.82, 2.24) is 0 Å². The molecule has 34 heavy (non-hydrogen) atoms. The largest absolute Gasteiger partial charge is 0.423 e. The van der Waals surface area contributed by atoms with E-state index in [-0.39, 0.29) is 30.2 Å². The van der Waals surface area contributed by atoms with E-state index in [0.717, 1.165) is 5.56 Å². The molecule has 9 heteroatoms. The fourth-order valence-corrected chi connectivity index (χ4v) is 5.48. The normalized spacial score (nSPS) is 13.1. The lowest BCUT2D eigenvalue weighted by Crippen LogP contribution is -2.41. The number of esters is 1. The Kier molecular flexibility index (Phi) is 6.56. The van der Waals surface area contributed by atoms with Crippen molar-refractivity contribution < 1.29 is 22.7 Å². The zero-order chi connectivity index (χ0) is 24.3. The van der Waals surface area contributed by atoms with Gasteiger partial charge in [-0.25, -0.2) is 13.2 Å². The number of para-hydroxylation sites is 2. The van der Waals surface area contributed by atoms with E-state index in [1.807, 2.05) is 25.1 Å². The molecular weight excluding hydrogens is 454 g/mol. The van der Waals surface area contributed by atoms with Gasteiger partial charge in [-0.15, -0.1) is 0 Å². The van der Waals surface area contributed by atoms with Crippen molar-refractivity contribution in [2.45, 2.75) is 18.7 Å². The maximum Gasteiger partial charge on any atom is 0.331 e. The van der Waals surface area contributed by atoms with Crippen LogP contribution in [-0.4, -0.2) is 39.9 Å². The first-order chi connectivity index (χ1) is 16.3. The summed E-state index contributed by atoms with van der Waals surface area (Å²) in [6.45, 7) is 3.65. The van der Waals surface area contributed by atoms with Gasteiger partial charge in [-0.3, -0.25) is 9.10 Å². The number of hydrogen-bond acceptors (Lipinski definition) is 6. The summed E-state index contributed by atoms with van der Waals surface area (Å²) in [6.07, 6.45) is 0. The van der Waals surface area contributed by atoms with Gasteiger partial charge in [-0.1, -0.05) is 36.4 Å². The fourth-order valence-electron chi connectivity index (χ4n) is 3.86. The Morgan fingerprint density at radius 1 is 1.06 bits per heavy atom. The Hall–Kier alpha value is -3.85. The third-order valence-electron chi connectivity index (χ3n) is 5.39. The smallest absolute Gasteiger partial charge is 0.331 e. The van der Waals surface area contributed by atoms with Crippen molar-refractivity contribution in [2.24, 2.45) is 0 Å². The first-order valence-corrected chi connectivity index (χ1v) is 12.3. The van der Waals surface area contributed by atoms with Gasteiger partial charge in [0.05, 0.1) is 23.6 Å². The molecule has 0 unspecified atom stereocenters. The number of nitrogens with one attached hydrogen (secondary N) is 1. The Bertz CT molecular complexity index is 1330. The Morgan fingerprint density at radius 2 is 1.76 bits per heavy atom. The van der Waals surface area contributed by atoms with Gasteiger partial charge in [-0.05, 0) is 55.8 Å². The lowest BCUT2D eigenvalue weighted by molar-refractivity contribution is -0.133. The van der Waals surface area contributed by atoms with Gasteiger partial charge in [0.25, 0.3) is 10.0 Å². The molecular formula is C25H25N3O5S. The van der Waals surface area contributed by atoms with Crippen molar-refractivity contribution >= 4 is 39.0 Å². The summed E-state index contributed by atoms with van der Waals surface area (Å²) >= 11 is 0. The predicted octanol–water partition coefficient (Wildman–Crippen LogP) is 3.57. The molecule has 0 fully saturated rings. The Labute approximate surface area is 198 Å². The summed E-state index contributed by atoms with van der Waals surface area (Å²) < 4.78 is 33.6. The number of amides is 1. The van der Waals surface area contributed by atoms with Crippen molar-refractivity contribution in [3.63, 3.8) is 0 Å². The van der Waals surface area contributed by atoms with Crippen LogP contribution in [0, 0.1) is 6.92 Å². The summed E-state index contributed by atoms with van der Waals surface area (Å²) in [5, 5.41) is 2.72. The highest BCUT2D eigenvalue weighted by Crippen LogP contribution is 2.33. The summed E-state index contributed by atoms with van der Waals surface area (Å²) in [4.78, 5) is 26.6. The third kappa shape index (κ3) is 4.74. The first-order valence-electron chi connectivity index (χ1n) is 10.8. The average molecular weight is 480 g/mol. The molecule has 3 aromatic carbocycles. The van der Waals surface area contributed by atoms with Crippen LogP contribution in [0.15, 0.2) is 77.7 Å². The molecule has 0 aromatic heterocycles. The molecule has 3 aromatic rings. The number of benzene rings is 3. The van der Waals surface area contributed by atoms with E-state index in [4.69, 9.17) is 4.74 Å². The van der Waals surface area contributed by atoms with Crippen molar-refractivity contribution in [3.05, 3.63) is 78.4 Å². The predicted molar refractivity (Wildman–Crippen MR) is 131 cm³/mol. The molecule has 8 nitrogen and oxygen atoms in total. The van der Waals surface area contributed by atoms with E-state index >= 15 is 0 Å². The molecule has 0 saturated carbocycles. The van der Waals surface area contributed by atoms with Crippen molar-refractivity contribution in [2.75, 3.05) is 34.2 Å². The minimum absolute atomic E-state index is 0.0108. The minimum atomic E-state index is -3.95. The SMILES string of the molecule is CCN(c1ccccc1)S(=O)(=O)c1ccccc1NC(=O)CN1CC(=O)Oc2ccc(C)cc21. The van der Waals surface area contributed by atoms with E-state index in [1.54, 1.807) is 60.4 Å². The van der Waals surface area contributed by atoms with Gasteiger partial charge in [0, 0.05) is 6.54 Å².